The highest BCUT2D eigenvalue weighted by Crippen LogP contribution is 2.30. The fourth-order valence-corrected chi connectivity index (χ4v) is 2.45. The first-order valence-corrected chi connectivity index (χ1v) is 6.41. The number of halogens is 1. The average Bonchev–Trinajstić information content (AvgIpc) is 2.98. The maximum absolute atomic E-state index is 5.27. The molecule has 90 valence electrons. The first-order chi connectivity index (χ1) is 8.34. The predicted octanol–water partition coefficient (Wildman–Crippen LogP) is 2.56. The van der Waals surface area contributed by atoms with Crippen LogP contribution in [0.2, 0.25) is 0 Å². The van der Waals surface area contributed by atoms with Gasteiger partial charge in [0, 0.05) is 5.92 Å². The quantitative estimate of drug-likeness (QED) is 0.923. The molecule has 0 amide bonds. The van der Waals surface area contributed by atoms with Crippen LogP contribution in [0.15, 0.2) is 25.9 Å². The molecule has 0 saturated carbocycles. The Morgan fingerprint density at radius 1 is 1.35 bits per heavy atom. The summed E-state index contributed by atoms with van der Waals surface area (Å²) in [5.74, 6) is 1.72. The van der Waals surface area contributed by atoms with Crippen LogP contribution in [0.4, 0.5) is 0 Å². The van der Waals surface area contributed by atoms with Gasteiger partial charge in [0.1, 0.15) is 0 Å². The van der Waals surface area contributed by atoms with Gasteiger partial charge in [0.2, 0.25) is 0 Å². The molecule has 1 fully saturated rings. The maximum atomic E-state index is 5.27. The monoisotopic (exact) mass is 297 g/mol. The van der Waals surface area contributed by atoms with Crippen molar-refractivity contribution in [3.05, 3.63) is 22.8 Å². The minimum Gasteiger partial charge on any atom is -0.457 e. The third kappa shape index (κ3) is 2.14. The molecule has 5 nitrogen and oxygen atoms in total. The standard InChI is InChI=1S/C11H12BrN3O2/c12-9-8(3-6-16-9)11-14-10(15-17-11)7-1-4-13-5-2-7/h3,6-7,13H,1-2,4-5H2. The molecule has 3 heterocycles. The molecule has 0 aliphatic carbocycles. The molecule has 1 aliphatic rings. The van der Waals surface area contributed by atoms with Crippen LogP contribution in [0.25, 0.3) is 11.5 Å². The van der Waals surface area contributed by atoms with E-state index in [4.69, 9.17) is 8.94 Å². The third-order valence-electron chi connectivity index (χ3n) is 2.99. The Morgan fingerprint density at radius 3 is 2.88 bits per heavy atom. The van der Waals surface area contributed by atoms with E-state index in [1.807, 2.05) is 6.07 Å². The summed E-state index contributed by atoms with van der Waals surface area (Å²) in [6, 6.07) is 1.81. The first-order valence-electron chi connectivity index (χ1n) is 5.62. The second-order valence-corrected chi connectivity index (χ2v) is 4.81. The van der Waals surface area contributed by atoms with Crippen LogP contribution >= 0.6 is 15.9 Å². The summed E-state index contributed by atoms with van der Waals surface area (Å²) in [5, 5.41) is 7.38. The SMILES string of the molecule is Brc1occc1-c1nc(C2CCNCC2)no1. The molecule has 3 rings (SSSR count). The van der Waals surface area contributed by atoms with Gasteiger partial charge >= 0.3 is 0 Å². The van der Waals surface area contributed by atoms with Gasteiger partial charge in [0.05, 0.1) is 11.8 Å². The van der Waals surface area contributed by atoms with Crippen molar-refractivity contribution >= 4 is 15.9 Å². The first kappa shape index (κ1) is 11.0. The normalized spacial score (nSPS) is 17.5. The van der Waals surface area contributed by atoms with E-state index in [2.05, 4.69) is 31.4 Å². The highest BCUT2D eigenvalue weighted by atomic mass is 79.9. The van der Waals surface area contributed by atoms with E-state index < -0.39 is 0 Å². The third-order valence-corrected chi connectivity index (χ3v) is 3.61. The van der Waals surface area contributed by atoms with Crippen molar-refractivity contribution in [2.24, 2.45) is 0 Å². The molecule has 1 N–H and O–H groups in total. The Balaban J connectivity index is 1.85. The molecule has 0 atom stereocenters. The lowest BCUT2D eigenvalue weighted by molar-refractivity contribution is 0.391. The molecule has 0 bridgehead atoms. The minimum atomic E-state index is 0.402. The predicted molar refractivity (Wildman–Crippen MR) is 64.5 cm³/mol. The Hall–Kier alpha value is -1.14. The number of nitrogens with zero attached hydrogens (tertiary/aromatic N) is 2. The maximum Gasteiger partial charge on any atom is 0.262 e. The van der Waals surface area contributed by atoms with E-state index in [1.165, 1.54) is 0 Å². The van der Waals surface area contributed by atoms with Crippen LogP contribution in [0, 0.1) is 0 Å². The molecule has 6 heteroatoms. The lowest BCUT2D eigenvalue weighted by Crippen LogP contribution is -2.27. The van der Waals surface area contributed by atoms with Crippen LogP contribution in [-0.4, -0.2) is 23.2 Å². The largest absolute Gasteiger partial charge is 0.457 e. The number of rotatable bonds is 2. The van der Waals surface area contributed by atoms with Crippen LogP contribution in [0.5, 0.6) is 0 Å². The van der Waals surface area contributed by atoms with E-state index in [0.717, 1.165) is 37.3 Å². The molecule has 2 aromatic heterocycles. The van der Waals surface area contributed by atoms with Crippen molar-refractivity contribution in [3.63, 3.8) is 0 Å². The highest BCUT2D eigenvalue weighted by molar-refractivity contribution is 9.10. The Labute approximate surface area is 107 Å². The molecule has 0 aromatic carbocycles. The van der Waals surface area contributed by atoms with Gasteiger partial charge in [0.15, 0.2) is 10.5 Å². The van der Waals surface area contributed by atoms with Crippen molar-refractivity contribution in [1.82, 2.24) is 15.5 Å². The molecule has 2 aromatic rings. The fraction of sp³-hybridized carbons (Fsp3) is 0.455. The zero-order chi connectivity index (χ0) is 11.7. The summed E-state index contributed by atoms with van der Waals surface area (Å²) < 4.78 is 11.0. The highest BCUT2D eigenvalue weighted by Gasteiger charge is 2.22. The van der Waals surface area contributed by atoms with Crippen LogP contribution in [0.3, 0.4) is 0 Å². The molecular formula is C11H12BrN3O2. The Bertz CT molecular complexity index is 502. The summed E-state index contributed by atoms with van der Waals surface area (Å²) >= 11 is 3.30. The number of furan rings is 1. The second kappa shape index (κ2) is 4.62. The van der Waals surface area contributed by atoms with Gasteiger partial charge in [-0.2, -0.15) is 4.98 Å². The summed E-state index contributed by atoms with van der Waals surface area (Å²) in [4.78, 5) is 4.44. The van der Waals surface area contributed by atoms with E-state index >= 15 is 0 Å². The molecule has 0 radical (unpaired) electrons. The van der Waals surface area contributed by atoms with Gasteiger partial charge in [-0.05, 0) is 47.9 Å². The number of hydrogen-bond donors (Lipinski definition) is 1. The Kier molecular flexibility index (Phi) is 2.98. The molecule has 1 aliphatic heterocycles. The molecular weight excluding hydrogens is 286 g/mol. The van der Waals surface area contributed by atoms with E-state index in [1.54, 1.807) is 6.26 Å². The molecule has 0 unspecified atom stereocenters. The van der Waals surface area contributed by atoms with Gasteiger partial charge in [-0.15, -0.1) is 0 Å². The van der Waals surface area contributed by atoms with E-state index in [9.17, 15) is 0 Å². The second-order valence-electron chi connectivity index (χ2n) is 4.09. The van der Waals surface area contributed by atoms with E-state index in [-0.39, 0.29) is 0 Å². The Morgan fingerprint density at radius 2 is 2.18 bits per heavy atom. The van der Waals surface area contributed by atoms with E-state index in [0.29, 0.717) is 16.5 Å². The fourth-order valence-electron chi connectivity index (χ4n) is 2.04. The number of piperidine rings is 1. The van der Waals surface area contributed by atoms with Crippen molar-refractivity contribution < 1.29 is 8.94 Å². The van der Waals surface area contributed by atoms with Gasteiger partial charge < -0.3 is 14.3 Å². The summed E-state index contributed by atoms with van der Waals surface area (Å²) in [6.07, 6.45) is 3.71. The number of hydrogen-bond acceptors (Lipinski definition) is 5. The van der Waals surface area contributed by atoms with Crippen molar-refractivity contribution in [2.75, 3.05) is 13.1 Å². The summed E-state index contributed by atoms with van der Waals surface area (Å²) in [5.41, 5.74) is 0.803. The zero-order valence-electron chi connectivity index (χ0n) is 9.15. The zero-order valence-corrected chi connectivity index (χ0v) is 10.7. The van der Waals surface area contributed by atoms with Crippen molar-refractivity contribution in [3.8, 4) is 11.5 Å². The van der Waals surface area contributed by atoms with Gasteiger partial charge in [-0.1, -0.05) is 5.16 Å². The van der Waals surface area contributed by atoms with Gasteiger partial charge in [-0.25, -0.2) is 0 Å². The molecule has 1 saturated heterocycles. The molecule has 0 spiro atoms. The van der Waals surface area contributed by atoms with Gasteiger partial charge in [0.25, 0.3) is 5.89 Å². The number of nitrogens with one attached hydrogen (secondary N) is 1. The lowest BCUT2D eigenvalue weighted by atomic mass is 9.98. The van der Waals surface area contributed by atoms with Crippen molar-refractivity contribution in [1.29, 1.82) is 0 Å². The molecule has 17 heavy (non-hydrogen) atoms. The van der Waals surface area contributed by atoms with Gasteiger partial charge in [-0.3, -0.25) is 0 Å². The smallest absolute Gasteiger partial charge is 0.262 e. The minimum absolute atomic E-state index is 0.402. The van der Waals surface area contributed by atoms with Crippen LogP contribution < -0.4 is 5.32 Å². The van der Waals surface area contributed by atoms with Crippen LogP contribution in [0.1, 0.15) is 24.6 Å². The van der Waals surface area contributed by atoms with Crippen molar-refractivity contribution in [2.45, 2.75) is 18.8 Å². The number of aromatic nitrogens is 2. The van der Waals surface area contributed by atoms with Crippen LogP contribution in [-0.2, 0) is 0 Å². The summed E-state index contributed by atoms with van der Waals surface area (Å²) in [7, 11) is 0. The topological polar surface area (TPSA) is 64.1 Å². The lowest BCUT2D eigenvalue weighted by Gasteiger charge is -2.18. The average molecular weight is 298 g/mol. The summed E-state index contributed by atoms with van der Waals surface area (Å²) in [6.45, 7) is 2.04.